The van der Waals surface area contributed by atoms with E-state index in [2.05, 4.69) is 34.1 Å². The van der Waals surface area contributed by atoms with E-state index in [0.29, 0.717) is 17.9 Å². The first-order valence-electron chi connectivity index (χ1n) is 6.77. The highest BCUT2D eigenvalue weighted by molar-refractivity contribution is 5.43. The molecule has 0 atom stereocenters. The zero-order valence-electron chi connectivity index (χ0n) is 11.3. The molecule has 1 fully saturated rings. The van der Waals surface area contributed by atoms with Gasteiger partial charge in [0.25, 0.3) is 0 Å². The number of nitrogens with one attached hydrogen (secondary N) is 1. The number of nitrogens with two attached hydrogens (primary N) is 1. The van der Waals surface area contributed by atoms with Crippen molar-refractivity contribution in [1.82, 2.24) is 9.97 Å². The minimum absolute atomic E-state index is 0.485. The van der Waals surface area contributed by atoms with Crippen LogP contribution < -0.4 is 16.2 Å². The molecule has 100 valence electrons. The Morgan fingerprint density at radius 2 is 2.17 bits per heavy atom. The Kier molecular flexibility index (Phi) is 4.36. The number of hydrogen-bond acceptors (Lipinski definition) is 5. The van der Waals surface area contributed by atoms with E-state index < -0.39 is 0 Å². The van der Waals surface area contributed by atoms with Crippen LogP contribution in [0.15, 0.2) is 12.3 Å². The Bertz CT molecular complexity index is 373. The second-order valence-corrected chi connectivity index (χ2v) is 5.37. The third-order valence-electron chi connectivity index (χ3n) is 3.39. The maximum atomic E-state index is 5.38. The van der Waals surface area contributed by atoms with Gasteiger partial charge in [-0.05, 0) is 24.8 Å². The van der Waals surface area contributed by atoms with Gasteiger partial charge in [0.15, 0.2) is 0 Å². The van der Waals surface area contributed by atoms with Crippen LogP contribution >= 0.6 is 0 Å². The molecule has 0 amide bonds. The molecular formula is C13H23N5. The molecule has 1 aromatic rings. The van der Waals surface area contributed by atoms with Gasteiger partial charge in [0.2, 0.25) is 5.95 Å². The topological polar surface area (TPSA) is 67.1 Å². The van der Waals surface area contributed by atoms with Crippen molar-refractivity contribution < 1.29 is 0 Å². The van der Waals surface area contributed by atoms with Gasteiger partial charge in [-0.2, -0.15) is 4.98 Å². The average molecular weight is 249 g/mol. The Balaban J connectivity index is 2.20. The normalized spacial score (nSPS) is 16.2. The van der Waals surface area contributed by atoms with Crippen LogP contribution in [0.4, 0.5) is 11.8 Å². The van der Waals surface area contributed by atoms with Crippen molar-refractivity contribution in [2.75, 3.05) is 16.9 Å². The molecule has 0 aromatic carbocycles. The van der Waals surface area contributed by atoms with Crippen LogP contribution in [0.2, 0.25) is 0 Å². The molecule has 0 bridgehead atoms. The Morgan fingerprint density at radius 1 is 1.44 bits per heavy atom. The van der Waals surface area contributed by atoms with Crippen molar-refractivity contribution in [3.05, 3.63) is 12.3 Å². The lowest BCUT2D eigenvalue weighted by Crippen LogP contribution is -2.37. The van der Waals surface area contributed by atoms with Crippen molar-refractivity contribution in [1.29, 1.82) is 0 Å². The highest BCUT2D eigenvalue weighted by Crippen LogP contribution is 2.28. The van der Waals surface area contributed by atoms with Crippen LogP contribution in [0.3, 0.4) is 0 Å². The van der Waals surface area contributed by atoms with Gasteiger partial charge < -0.3 is 4.90 Å². The van der Waals surface area contributed by atoms with Crippen LogP contribution in [0.25, 0.3) is 0 Å². The van der Waals surface area contributed by atoms with E-state index in [9.17, 15) is 0 Å². The molecule has 1 saturated carbocycles. The number of nitrogen functional groups attached to an aromatic ring is 1. The highest BCUT2D eigenvalue weighted by Gasteiger charge is 2.24. The van der Waals surface area contributed by atoms with Gasteiger partial charge in [0.05, 0.1) is 0 Å². The molecule has 1 aliphatic carbocycles. The van der Waals surface area contributed by atoms with E-state index in [0.717, 1.165) is 12.4 Å². The smallest absolute Gasteiger partial charge is 0.239 e. The lowest BCUT2D eigenvalue weighted by molar-refractivity contribution is 0.531. The summed E-state index contributed by atoms with van der Waals surface area (Å²) in [6.45, 7) is 5.52. The first kappa shape index (κ1) is 13.1. The summed E-state index contributed by atoms with van der Waals surface area (Å²) in [5, 5.41) is 0. The zero-order valence-corrected chi connectivity index (χ0v) is 11.3. The quantitative estimate of drug-likeness (QED) is 0.618. The van der Waals surface area contributed by atoms with Crippen LogP contribution in [0.5, 0.6) is 0 Å². The third kappa shape index (κ3) is 3.10. The molecule has 5 nitrogen and oxygen atoms in total. The van der Waals surface area contributed by atoms with Crippen molar-refractivity contribution in [2.45, 2.75) is 45.6 Å². The van der Waals surface area contributed by atoms with Crippen LogP contribution in [-0.2, 0) is 0 Å². The fourth-order valence-electron chi connectivity index (χ4n) is 2.62. The first-order valence-corrected chi connectivity index (χ1v) is 6.77. The van der Waals surface area contributed by atoms with Crippen molar-refractivity contribution in [3.63, 3.8) is 0 Å². The predicted octanol–water partition coefficient (Wildman–Crippen LogP) is 2.17. The molecule has 0 saturated heterocycles. The molecular weight excluding hydrogens is 226 g/mol. The second-order valence-electron chi connectivity index (χ2n) is 5.37. The Labute approximate surface area is 109 Å². The summed E-state index contributed by atoms with van der Waals surface area (Å²) in [5.41, 5.74) is 2.52. The lowest BCUT2D eigenvalue weighted by Gasteiger charge is -2.31. The van der Waals surface area contributed by atoms with Gasteiger partial charge in [-0.25, -0.2) is 10.8 Å². The van der Waals surface area contributed by atoms with Crippen LogP contribution in [0.1, 0.15) is 39.5 Å². The summed E-state index contributed by atoms with van der Waals surface area (Å²) in [6.07, 6.45) is 6.95. The van der Waals surface area contributed by atoms with Crippen LogP contribution in [-0.4, -0.2) is 22.6 Å². The molecule has 1 heterocycles. The van der Waals surface area contributed by atoms with Gasteiger partial charge in [-0.15, -0.1) is 0 Å². The van der Waals surface area contributed by atoms with Gasteiger partial charge in [-0.1, -0.05) is 26.7 Å². The summed E-state index contributed by atoms with van der Waals surface area (Å²) < 4.78 is 0. The summed E-state index contributed by atoms with van der Waals surface area (Å²) in [5.74, 6) is 7.47. The number of nitrogens with zero attached hydrogens (tertiary/aromatic N) is 3. The maximum absolute atomic E-state index is 5.38. The highest BCUT2D eigenvalue weighted by atomic mass is 15.3. The second kappa shape index (κ2) is 6.00. The Morgan fingerprint density at radius 3 is 2.78 bits per heavy atom. The largest absolute Gasteiger partial charge is 0.353 e. The maximum Gasteiger partial charge on any atom is 0.239 e. The molecule has 1 aromatic heterocycles. The van der Waals surface area contributed by atoms with Gasteiger partial charge >= 0.3 is 0 Å². The van der Waals surface area contributed by atoms with E-state index in [1.807, 2.05) is 6.07 Å². The van der Waals surface area contributed by atoms with E-state index in [1.165, 1.54) is 25.7 Å². The molecule has 18 heavy (non-hydrogen) atoms. The first-order chi connectivity index (χ1) is 8.70. The fraction of sp³-hybridized carbons (Fsp3) is 0.692. The average Bonchev–Trinajstić information content (AvgIpc) is 2.89. The van der Waals surface area contributed by atoms with Gasteiger partial charge in [0, 0.05) is 18.8 Å². The molecule has 0 radical (unpaired) electrons. The third-order valence-corrected chi connectivity index (χ3v) is 3.39. The van der Waals surface area contributed by atoms with E-state index in [4.69, 9.17) is 5.84 Å². The summed E-state index contributed by atoms with van der Waals surface area (Å²) >= 11 is 0. The summed E-state index contributed by atoms with van der Waals surface area (Å²) in [6, 6.07) is 2.59. The standard InChI is InChI=1S/C13H23N5/c1-10(2)9-18(11-5-3-4-6-11)12-7-8-15-13(16-12)17-14/h7-8,10-11H,3-6,9,14H2,1-2H3,(H,15,16,17). The number of anilines is 2. The van der Waals surface area contributed by atoms with Crippen molar-refractivity contribution in [3.8, 4) is 0 Å². The summed E-state index contributed by atoms with van der Waals surface area (Å²) in [4.78, 5) is 11.0. The number of hydrazine groups is 1. The van der Waals surface area contributed by atoms with E-state index >= 15 is 0 Å². The molecule has 3 N–H and O–H groups in total. The molecule has 1 aliphatic rings. The molecule has 0 aliphatic heterocycles. The summed E-state index contributed by atoms with van der Waals surface area (Å²) in [7, 11) is 0. The minimum Gasteiger partial charge on any atom is -0.353 e. The van der Waals surface area contributed by atoms with E-state index in [1.54, 1.807) is 6.20 Å². The van der Waals surface area contributed by atoms with Crippen LogP contribution in [0, 0.1) is 5.92 Å². The van der Waals surface area contributed by atoms with Gasteiger partial charge in [0.1, 0.15) is 5.82 Å². The fourth-order valence-corrected chi connectivity index (χ4v) is 2.62. The zero-order chi connectivity index (χ0) is 13.0. The molecule has 0 spiro atoms. The predicted molar refractivity (Wildman–Crippen MR) is 74.3 cm³/mol. The van der Waals surface area contributed by atoms with Gasteiger partial charge in [-0.3, -0.25) is 5.43 Å². The molecule has 5 heteroatoms. The Hall–Kier alpha value is -1.36. The number of rotatable bonds is 5. The lowest BCUT2D eigenvalue weighted by atomic mass is 10.1. The molecule has 0 unspecified atom stereocenters. The number of aromatic nitrogens is 2. The molecule has 2 rings (SSSR count). The monoisotopic (exact) mass is 249 g/mol. The van der Waals surface area contributed by atoms with Crippen molar-refractivity contribution >= 4 is 11.8 Å². The van der Waals surface area contributed by atoms with E-state index in [-0.39, 0.29) is 0 Å². The minimum atomic E-state index is 0.485. The van der Waals surface area contributed by atoms with Crippen molar-refractivity contribution in [2.24, 2.45) is 11.8 Å². The SMILES string of the molecule is CC(C)CN(c1ccnc(NN)n1)C1CCCC1. The number of hydrogen-bond donors (Lipinski definition) is 2.